The van der Waals surface area contributed by atoms with Crippen LogP contribution in [-0.4, -0.2) is 49.7 Å². The summed E-state index contributed by atoms with van der Waals surface area (Å²) in [7, 11) is 0. The topological polar surface area (TPSA) is 54.3 Å². The molecule has 0 spiro atoms. The molecule has 0 N–H and O–H groups in total. The molecule has 1 aliphatic heterocycles. The van der Waals surface area contributed by atoms with Crippen LogP contribution in [0.1, 0.15) is 17.0 Å². The van der Waals surface area contributed by atoms with Gasteiger partial charge in [-0.3, -0.25) is 9.69 Å². The van der Waals surface area contributed by atoms with Crippen molar-refractivity contribution in [3.05, 3.63) is 83.9 Å². The summed E-state index contributed by atoms with van der Waals surface area (Å²) in [6.07, 6.45) is 0.0582. The number of fused-ring (bicyclic) bond motifs is 1. The van der Waals surface area contributed by atoms with Crippen LogP contribution in [0, 0.1) is 0 Å². The Bertz CT molecular complexity index is 889. The SMILES string of the molecule is O=C(C(F)CN(Cc1ccccc1)Cc1ccccc1)N1CCn2cnnc2C1. The van der Waals surface area contributed by atoms with Gasteiger partial charge in [-0.25, -0.2) is 4.39 Å². The first kappa shape index (κ1) is 19.3. The second-order valence-corrected chi connectivity index (χ2v) is 7.31. The van der Waals surface area contributed by atoms with Crippen molar-refractivity contribution in [2.24, 2.45) is 0 Å². The number of benzene rings is 2. The van der Waals surface area contributed by atoms with Crippen molar-refractivity contribution in [3.63, 3.8) is 0 Å². The largest absolute Gasteiger partial charge is 0.331 e. The molecule has 2 aromatic carbocycles. The summed E-state index contributed by atoms with van der Waals surface area (Å²) in [6, 6.07) is 19.9. The van der Waals surface area contributed by atoms with Crippen LogP contribution in [0.3, 0.4) is 0 Å². The minimum atomic E-state index is -1.59. The number of nitrogens with zero attached hydrogens (tertiary/aromatic N) is 5. The van der Waals surface area contributed by atoms with Gasteiger partial charge in [-0.1, -0.05) is 60.7 Å². The maximum atomic E-state index is 15.1. The predicted octanol–water partition coefficient (Wildman–Crippen LogP) is 2.66. The molecule has 1 unspecified atom stereocenters. The van der Waals surface area contributed by atoms with Gasteiger partial charge in [0.1, 0.15) is 6.33 Å². The minimum Gasteiger partial charge on any atom is -0.331 e. The fourth-order valence-electron chi connectivity index (χ4n) is 3.63. The van der Waals surface area contributed by atoms with E-state index in [1.165, 1.54) is 4.90 Å². The lowest BCUT2D eigenvalue weighted by atomic mass is 10.1. The molecule has 0 bridgehead atoms. The van der Waals surface area contributed by atoms with Crippen molar-refractivity contribution in [1.29, 1.82) is 0 Å². The van der Waals surface area contributed by atoms with Crippen LogP contribution in [-0.2, 0) is 31.0 Å². The van der Waals surface area contributed by atoms with Crippen molar-refractivity contribution in [2.75, 3.05) is 13.1 Å². The van der Waals surface area contributed by atoms with Crippen LogP contribution in [0.2, 0.25) is 0 Å². The Morgan fingerprint density at radius 2 is 1.62 bits per heavy atom. The van der Waals surface area contributed by atoms with E-state index in [2.05, 4.69) is 10.2 Å². The molecule has 1 amide bonds. The number of halogens is 1. The average molecular weight is 393 g/mol. The molecule has 4 rings (SSSR count). The van der Waals surface area contributed by atoms with Crippen LogP contribution < -0.4 is 0 Å². The second-order valence-electron chi connectivity index (χ2n) is 7.31. The monoisotopic (exact) mass is 393 g/mol. The Hall–Kier alpha value is -3.06. The summed E-state index contributed by atoms with van der Waals surface area (Å²) in [4.78, 5) is 16.3. The Morgan fingerprint density at radius 1 is 1.00 bits per heavy atom. The van der Waals surface area contributed by atoms with Crippen molar-refractivity contribution in [1.82, 2.24) is 24.6 Å². The number of hydrogen-bond acceptors (Lipinski definition) is 4. The van der Waals surface area contributed by atoms with E-state index >= 15 is 4.39 Å². The summed E-state index contributed by atoms with van der Waals surface area (Å²) in [6.45, 7) is 2.58. The van der Waals surface area contributed by atoms with E-state index < -0.39 is 12.1 Å². The minimum absolute atomic E-state index is 0.0474. The molecule has 150 valence electrons. The molecule has 6 nitrogen and oxygen atoms in total. The summed E-state index contributed by atoms with van der Waals surface area (Å²) in [5.74, 6) is 0.215. The van der Waals surface area contributed by atoms with E-state index in [1.807, 2.05) is 70.1 Å². The zero-order valence-corrected chi connectivity index (χ0v) is 16.2. The molecule has 0 saturated carbocycles. The van der Waals surface area contributed by atoms with Gasteiger partial charge in [0, 0.05) is 32.7 Å². The lowest BCUT2D eigenvalue weighted by molar-refractivity contribution is -0.139. The molecule has 1 atom stereocenters. The lowest BCUT2D eigenvalue weighted by Gasteiger charge is -2.30. The van der Waals surface area contributed by atoms with Gasteiger partial charge in [0.15, 0.2) is 12.0 Å². The van der Waals surface area contributed by atoms with Crippen molar-refractivity contribution < 1.29 is 9.18 Å². The Labute approximate surface area is 169 Å². The molecule has 0 saturated heterocycles. The Balaban J connectivity index is 1.43. The van der Waals surface area contributed by atoms with E-state index in [9.17, 15) is 4.79 Å². The highest BCUT2D eigenvalue weighted by Gasteiger charge is 2.29. The van der Waals surface area contributed by atoms with Crippen molar-refractivity contribution in [3.8, 4) is 0 Å². The number of alkyl halides is 1. The van der Waals surface area contributed by atoms with Crippen molar-refractivity contribution in [2.45, 2.75) is 32.4 Å². The standard InChI is InChI=1S/C22H24FN5O/c23-20(22(29)27-11-12-28-17-24-25-21(28)16-27)15-26(13-18-7-3-1-4-8-18)14-19-9-5-2-6-10-19/h1-10,17,20H,11-16H2. The molecular formula is C22H24FN5O. The third kappa shape index (κ3) is 4.86. The quantitative estimate of drug-likeness (QED) is 0.619. The zero-order chi connectivity index (χ0) is 20.1. The zero-order valence-electron chi connectivity index (χ0n) is 16.2. The summed E-state index contributed by atoms with van der Waals surface area (Å²) in [5.41, 5.74) is 2.18. The summed E-state index contributed by atoms with van der Waals surface area (Å²) >= 11 is 0. The predicted molar refractivity (Wildman–Crippen MR) is 107 cm³/mol. The first-order chi connectivity index (χ1) is 14.2. The molecule has 2 heterocycles. The highest BCUT2D eigenvalue weighted by atomic mass is 19.1. The van der Waals surface area contributed by atoms with Crippen molar-refractivity contribution >= 4 is 5.91 Å². The molecule has 0 aliphatic carbocycles. The number of rotatable bonds is 7. The van der Waals surface area contributed by atoms with Gasteiger partial charge in [0.25, 0.3) is 5.91 Å². The maximum Gasteiger partial charge on any atom is 0.258 e. The third-order valence-corrected chi connectivity index (χ3v) is 5.13. The molecule has 1 aliphatic rings. The molecule has 3 aromatic rings. The van der Waals surface area contributed by atoms with Gasteiger partial charge in [0.2, 0.25) is 0 Å². The van der Waals surface area contributed by atoms with E-state index in [0.717, 1.165) is 11.1 Å². The molecule has 0 fully saturated rings. The highest BCUT2D eigenvalue weighted by Crippen LogP contribution is 2.15. The van der Waals surface area contributed by atoms with Gasteiger partial charge in [0.05, 0.1) is 6.54 Å². The van der Waals surface area contributed by atoms with E-state index in [0.29, 0.717) is 38.5 Å². The van der Waals surface area contributed by atoms with E-state index in [1.54, 1.807) is 6.33 Å². The molecule has 1 aromatic heterocycles. The fourth-order valence-corrected chi connectivity index (χ4v) is 3.63. The Kier molecular flexibility index (Phi) is 5.95. The second kappa shape index (κ2) is 8.96. The molecular weight excluding hydrogens is 369 g/mol. The van der Waals surface area contributed by atoms with Gasteiger partial charge in [-0.15, -0.1) is 10.2 Å². The van der Waals surface area contributed by atoms with Gasteiger partial charge in [-0.05, 0) is 11.1 Å². The van der Waals surface area contributed by atoms with Crippen LogP contribution in [0.4, 0.5) is 4.39 Å². The summed E-state index contributed by atoms with van der Waals surface area (Å²) < 4.78 is 17.0. The van der Waals surface area contributed by atoms with E-state index in [-0.39, 0.29) is 6.54 Å². The van der Waals surface area contributed by atoms with Crippen LogP contribution in [0.15, 0.2) is 67.0 Å². The Morgan fingerprint density at radius 3 is 2.24 bits per heavy atom. The van der Waals surface area contributed by atoms with Crippen LogP contribution in [0.5, 0.6) is 0 Å². The number of carbonyl (C=O) groups excluding carboxylic acids is 1. The van der Waals surface area contributed by atoms with Crippen LogP contribution in [0.25, 0.3) is 0 Å². The smallest absolute Gasteiger partial charge is 0.258 e. The number of aromatic nitrogens is 3. The highest BCUT2D eigenvalue weighted by molar-refractivity contribution is 5.81. The first-order valence-corrected chi connectivity index (χ1v) is 9.79. The van der Waals surface area contributed by atoms with Gasteiger partial charge < -0.3 is 9.47 Å². The van der Waals surface area contributed by atoms with Gasteiger partial charge in [-0.2, -0.15) is 0 Å². The van der Waals surface area contributed by atoms with Gasteiger partial charge >= 0.3 is 0 Å². The third-order valence-electron chi connectivity index (χ3n) is 5.13. The number of hydrogen-bond donors (Lipinski definition) is 0. The number of amides is 1. The molecule has 0 radical (unpaired) electrons. The lowest BCUT2D eigenvalue weighted by Crippen LogP contribution is -2.45. The summed E-state index contributed by atoms with van der Waals surface area (Å²) in [5, 5.41) is 7.87. The fraction of sp³-hybridized carbons (Fsp3) is 0.318. The maximum absolute atomic E-state index is 15.1. The molecule has 7 heteroatoms. The average Bonchev–Trinajstić information content (AvgIpc) is 3.22. The number of carbonyl (C=O) groups is 1. The normalized spacial score (nSPS) is 14.6. The van der Waals surface area contributed by atoms with Crippen LogP contribution >= 0.6 is 0 Å². The van der Waals surface area contributed by atoms with E-state index in [4.69, 9.17) is 0 Å². The first-order valence-electron chi connectivity index (χ1n) is 9.79. The molecule has 29 heavy (non-hydrogen) atoms.